The van der Waals surface area contributed by atoms with Crippen LogP contribution in [0, 0.1) is 0 Å². The highest BCUT2D eigenvalue weighted by molar-refractivity contribution is 6.42. The lowest BCUT2D eigenvalue weighted by atomic mass is 9.93. The number of phenols is 1. The van der Waals surface area contributed by atoms with Crippen molar-refractivity contribution in [2.24, 2.45) is 0 Å². The van der Waals surface area contributed by atoms with Crippen molar-refractivity contribution < 1.29 is 19.7 Å². The molecule has 0 aliphatic carbocycles. The molecule has 3 fully saturated rings. The van der Waals surface area contributed by atoms with Gasteiger partial charge in [0.2, 0.25) is 0 Å². The van der Waals surface area contributed by atoms with Crippen LogP contribution in [0.3, 0.4) is 0 Å². The number of β-amino-alcohol motifs (C(OH)–C–C–N with tert-alkyl or cyclic N) is 1. The first-order valence-electron chi connectivity index (χ1n) is 7.98. The number of cyclic esters (lactones) is 1. The number of carbonyl (C=O) groups excluding carboxylic acids is 1. The van der Waals surface area contributed by atoms with Gasteiger partial charge in [-0.1, -0.05) is 23.2 Å². The van der Waals surface area contributed by atoms with Gasteiger partial charge in [0, 0.05) is 37.7 Å². The first-order chi connectivity index (χ1) is 11.4. The van der Waals surface area contributed by atoms with E-state index in [2.05, 4.69) is 4.90 Å². The molecule has 0 radical (unpaired) electrons. The van der Waals surface area contributed by atoms with Crippen LogP contribution in [0.4, 0.5) is 4.79 Å². The fraction of sp³-hybridized carbons (Fsp3) is 0.562. The summed E-state index contributed by atoms with van der Waals surface area (Å²) in [5.74, 6) is 0.0323. The quantitative estimate of drug-likeness (QED) is 0.849. The van der Waals surface area contributed by atoms with E-state index in [4.69, 9.17) is 27.9 Å². The zero-order chi connectivity index (χ0) is 17.0. The van der Waals surface area contributed by atoms with E-state index < -0.39 is 0 Å². The van der Waals surface area contributed by atoms with Crippen molar-refractivity contribution in [2.75, 3.05) is 26.2 Å². The van der Waals surface area contributed by atoms with E-state index in [1.807, 2.05) is 0 Å². The monoisotopic (exact) mass is 372 g/mol. The molecule has 3 atom stereocenters. The van der Waals surface area contributed by atoms with Gasteiger partial charge in [0.1, 0.15) is 11.9 Å². The predicted molar refractivity (Wildman–Crippen MR) is 88.7 cm³/mol. The zero-order valence-corrected chi connectivity index (χ0v) is 14.4. The second-order valence-electron chi connectivity index (χ2n) is 6.74. The normalized spacial score (nSPS) is 30.4. The third-order valence-electron chi connectivity index (χ3n) is 5.15. The minimum Gasteiger partial charge on any atom is -0.508 e. The summed E-state index contributed by atoms with van der Waals surface area (Å²) in [4.78, 5) is 15.9. The average molecular weight is 373 g/mol. The van der Waals surface area contributed by atoms with E-state index in [-0.39, 0.29) is 36.0 Å². The molecule has 0 bridgehead atoms. The molecule has 1 aromatic rings. The molecule has 0 saturated carbocycles. The SMILES string of the molecule is O=C1O[C@H](CN2CC(O)C2)[C@@H]2C[C@H](c3c(O)ccc(Cl)c3Cl)CN12. The molecular weight excluding hydrogens is 355 g/mol. The Labute approximate surface area is 149 Å². The van der Waals surface area contributed by atoms with E-state index in [0.29, 0.717) is 48.2 Å². The molecule has 3 heterocycles. The molecule has 24 heavy (non-hydrogen) atoms. The largest absolute Gasteiger partial charge is 0.508 e. The lowest BCUT2D eigenvalue weighted by Gasteiger charge is -2.37. The molecule has 0 aromatic heterocycles. The molecule has 3 aliphatic heterocycles. The molecule has 0 spiro atoms. The second-order valence-corrected chi connectivity index (χ2v) is 7.53. The van der Waals surface area contributed by atoms with Crippen molar-refractivity contribution in [1.29, 1.82) is 0 Å². The van der Waals surface area contributed by atoms with Gasteiger partial charge in [-0.3, -0.25) is 4.90 Å². The maximum absolute atomic E-state index is 12.1. The van der Waals surface area contributed by atoms with Crippen molar-refractivity contribution in [1.82, 2.24) is 9.80 Å². The van der Waals surface area contributed by atoms with E-state index in [9.17, 15) is 15.0 Å². The van der Waals surface area contributed by atoms with E-state index in [1.165, 1.54) is 6.07 Å². The minimum atomic E-state index is -0.328. The van der Waals surface area contributed by atoms with Crippen molar-refractivity contribution in [3.8, 4) is 5.75 Å². The molecule has 3 aliphatic rings. The van der Waals surface area contributed by atoms with Crippen LogP contribution in [0.15, 0.2) is 12.1 Å². The molecule has 6 nitrogen and oxygen atoms in total. The van der Waals surface area contributed by atoms with Crippen LogP contribution in [-0.2, 0) is 4.74 Å². The summed E-state index contributed by atoms with van der Waals surface area (Å²) in [6, 6.07) is 3.05. The summed E-state index contributed by atoms with van der Waals surface area (Å²) < 4.78 is 5.48. The first-order valence-corrected chi connectivity index (χ1v) is 8.74. The molecular formula is C16H18Cl2N2O4. The number of likely N-dealkylation sites (tertiary alicyclic amines) is 1. The van der Waals surface area contributed by atoms with Gasteiger partial charge >= 0.3 is 6.09 Å². The number of benzene rings is 1. The number of nitrogens with zero attached hydrogens (tertiary/aromatic N) is 2. The van der Waals surface area contributed by atoms with Crippen LogP contribution in [-0.4, -0.2) is 70.5 Å². The molecule has 8 heteroatoms. The van der Waals surface area contributed by atoms with Crippen LogP contribution in [0.1, 0.15) is 17.9 Å². The summed E-state index contributed by atoms with van der Waals surface area (Å²) in [6.07, 6.45) is -0.168. The van der Waals surface area contributed by atoms with E-state index in [0.717, 1.165) is 0 Å². The van der Waals surface area contributed by atoms with Crippen LogP contribution >= 0.6 is 23.2 Å². The number of amides is 1. The zero-order valence-electron chi connectivity index (χ0n) is 12.9. The Morgan fingerprint density at radius 2 is 2.00 bits per heavy atom. The molecule has 130 valence electrons. The van der Waals surface area contributed by atoms with Gasteiger partial charge < -0.3 is 19.8 Å². The van der Waals surface area contributed by atoms with Gasteiger partial charge in [-0.2, -0.15) is 0 Å². The lowest BCUT2D eigenvalue weighted by Crippen LogP contribution is -2.54. The smallest absolute Gasteiger partial charge is 0.410 e. The maximum atomic E-state index is 12.1. The van der Waals surface area contributed by atoms with Gasteiger partial charge in [-0.25, -0.2) is 4.79 Å². The molecule has 1 amide bonds. The lowest BCUT2D eigenvalue weighted by molar-refractivity contribution is -0.0214. The van der Waals surface area contributed by atoms with Crippen molar-refractivity contribution >= 4 is 29.3 Å². The number of ether oxygens (including phenoxy) is 1. The Balaban J connectivity index is 1.53. The number of aromatic hydroxyl groups is 1. The van der Waals surface area contributed by atoms with Gasteiger partial charge in [-0.15, -0.1) is 0 Å². The van der Waals surface area contributed by atoms with Crippen LogP contribution in [0.25, 0.3) is 0 Å². The Hall–Kier alpha value is -1.21. The molecule has 2 N–H and O–H groups in total. The Morgan fingerprint density at radius 1 is 1.25 bits per heavy atom. The number of rotatable bonds is 3. The predicted octanol–water partition coefficient (Wildman–Crippen LogP) is 2.05. The molecule has 4 rings (SSSR count). The number of carbonyl (C=O) groups is 1. The highest BCUT2D eigenvalue weighted by Gasteiger charge is 2.50. The molecule has 0 unspecified atom stereocenters. The number of phenolic OH excluding ortho intramolecular Hbond substituents is 1. The Morgan fingerprint density at radius 3 is 2.71 bits per heavy atom. The standard InChI is InChI=1S/C16H18Cl2N2O4/c17-10-1-2-12(22)14(15(10)18)8-3-11-13(7-19-5-9(21)6-19)24-16(23)20(11)4-8/h1-2,8-9,11,13,21-22H,3-7H2/t8-,11-,13+/m0/s1. The van der Waals surface area contributed by atoms with Crippen LogP contribution in [0.5, 0.6) is 5.75 Å². The third kappa shape index (κ3) is 2.62. The van der Waals surface area contributed by atoms with Crippen LogP contribution in [0.2, 0.25) is 10.0 Å². The fourth-order valence-electron chi connectivity index (χ4n) is 3.96. The Kier molecular flexibility index (Phi) is 4.03. The number of halogens is 2. The van der Waals surface area contributed by atoms with Crippen molar-refractivity contribution in [3.63, 3.8) is 0 Å². The third-order valence-corrected chi connectivity index (χ3v) is 5.97. The number of aliphatic hydroxyl groups excluding tert-OH is 1. The summed E-state index contributed by atoms with van der Waals surface area (Å²) in [6.45, 7) is 2.30. The number of fused-ring (bicyclic) bond motifs is 1. The highest BCUT2D eigenvalue weighted by Crippen LogP contribution is 2.45. The number of hydrogen-bond acceptors (Lipinski definition) is 5. The topological polar surface area (TPSA) is 73.2 Å². The average Bonchev–Trinajstić information content (AvgIpc) is 3.04. The van der Waals surface area contributed by atoms with Gasteiger partial charge in [0.05, 0.1) is 22.2 Å². The number of hydrogen-bond donors (Lipinski definition) is 2. The summed E-state index contributed by atoms with van der Waals surface area (Å²) in [5.41, 5.74) is 0.601. The fourth-order valence-corrected chi connectivity index (χ4v) is 4.44. The van der Waals surface area contributed by atoms with E-state index in [1.54, 1.807) is 11.0 Å². The van der Waals surface area contributed by atoms with Crippen molar-refractivity contribution in [3.05, 3.63) is 27.7 Å². The van der Waals surface area contributed by atoms with Gasteiger partial charge in [0.15, 0.2) is 0 Å². The Bertz CT molecular complexity index is 680. The number of aliphatic hydroxyl groups is 1. The molecule has 1 aromatic carbocycles. The minimum absolute atomic E-state index is 0.0466. The maximum Gasteiger partial charge on any atom is 0.410 e. The van der Waals surface area contributed by atoms with Gasteiger partial charge in [0.25, 0.3) is 0 Å². The first kappa shape index (κ1) is 16.3. The highest BCUT2D eigenvalue weighted by atomic mass is 35.5. The summed E-state index contributed by atoms with van der Waals surface area (Å²) >= 11 is 12.3. The van der Waals surface area contributed by atoms with Crippen LogP contribution < -0.4 is 0 Å². The summed E-state index contributed by atoms with van der Waals surface area (Å²) in [5, 5.41) is 20.3. The van der Waals surface area contributed by atoms with E-state index >= 15 is 0 Å². The van der Waals surface area contributed by atoms with Crippen molar-refractivity contribution in [2.45, 2.75) is 30.6 Å². The summed E-state index contributed by atoms with van der Waals surface area (Å²) in [7, 11) is 0. The second kappa shape index (κ2) is 5.95. The van der Waals surface area contributed by atoms with Gasteiger partial charge in [-0.05, 0) is 18.6 Å². The molecule has 3 saturated heterocycles.